The molecule has 1 rings (SSSR count). The number of ether oxygens (including phenoxy) is 1. The fourth-order valence-corrected chi connectivity index (χ4v) is 1.20. The van der Waals surface area contributed by atoms with Crippen molar-refractivity contribution >= 4 is 0 Å². The van der Waals surface area contributed by atoms with Gasteiger partial charge in [0.05, 0.1) is 6.10 Å². The smallest absolute Gasteiger partial charge is 0.139 e. The third-order valence-corrected chi connectivity index (χ3v) is 1.73. The van der Waals surface area contributed by atoms with E-state index in [2.05, 4.69) is 5.32 Å². The highest BCUT2D eigenvalue weighted by molar-refractivity contribution is 4.77. The van der Waals surface area contributed by atoms with Crippen LogP contribution in [0.1, 0.15) is 13.3 Å². The first-order valence-electron chi connectivity index (χ1n) is 3.81. The molecule has 0 aromatic heterocycles. The van der Waals surface area contributed by atoms with Gasteiger partial charge in [-0.3, -0.25) is 0 Å². The number of alkyl halides is 1. The summed E-state index contributed by atoms with van der Waals surface area (Å²) in [7, 11) is 0. The van der Waals surface area contributed by atoms with Crippen molar-refractivity contribution in [1.82, 2.24) is 5.32 Å². The van der Waals surface area contributed by atoms with Gasteiger partial charge >= 0.3 is 0 Å². The van der Waals surface area contributed by atoms with Crippen LogP contribution in [0.5, 0.6) is 0 Å². The molecule has 1 heterocycles. The van der Waals surface area contributed by atoms with Crippen LogP contribution in [0.2, 0.25) is 0 Å². The minimum absolute atomic E-state index is 0.161. The molecular formula is C7H14FNO. The van der Waals surface area contributed by atoms with Crippen molar-refractivity contribution in [3.05, 3.63) is 0 Å². The van der Waals surface area contributed by atoms with E-state index in [0.29, 0.717) is 13.2 Å². The molecule has 0 radical (unpaired) electrons. The highest BCUT2D eigenvalue weighted by Gasteiger charge is 2.24. The van der Waals surface area contributed by atoms with Crippen molar-refractivity contribution in [3.63, 3.8) is 0 Å². The van der Waals surface area contributed by atoms with E-state index in [-0.39, 0.29) is 6.10 Å². The summed E-state index contributed by atoms with van der Waals surface area (Å²) in [6, 6.07) is 0. The zero-order valence-electron chi connectivity index (χ0n) is 6.27. The predicted molar refractivity (Wildman–Crippen MR) is 37.8 cm³/mol. The Morgan fingerprint density at radius 1 is 1.70 bits per heavy atom. The quantitative estimate of drug-likeness (QED) is 0.621. The van der Waals surface area contributed by atoms with Crippen LogP contribution >= 0.6 is 0 Å². The van der Waals surface area contributed by atoms with Crippen molar-refractivity contribution in [3.8, 4) is 0 Å². The van der Waals surface area contributed by atoms with Crippen LogP contribution < -0.4 is 5.32 Å². The second-order valence-electron chi connectivity index (χ2n) is 2.50. The van der Waals surface area contributed by atoms with Crippen LogP contribution in [-0.4, -0.2) is 32.0 Å². The monoisotopic (exact) mass is 147 g/mol. The molecule has 0 aromatic rings. The van der Waals surface area contributed by atoms with Gasteiger partial charge in [0.1, 0.15) is 6.17 Å². The lowest BCUT2D eigenvalue weighted by molar-refractivity contribution is -0.0119. The van der Waals surface area contributed by atoms with E-state index in [1.54, 1.807) is 0 Å². The van der Waals surface area contributed by atoms with E-state index in [1.165, 1.54) is 0 Å². The minimum atomic E-state index is -0.811. The maximum Gasteiger partial charge on any atom is 0.139 e. The van der Waals surface area contributed by atoms with Crippen LogP contribution in [0.15, 0.2) is 0 Å². The van der Waals surface area contributed by atoms with Crippen molar-refractivity contribution < 1.29 is 9.13 Å². The largest absolute Gasteiger partial charge is 0.375 e. The fraction of sp³-hybridized carbons (Fsp3) is 1.00. The maximum absolute atomic E-state index is 12.8. The first-order chi connectivity index (χ1) is 4.84. The number of piperidine rings is 1. The molecule has 1 aliphatic heterocycles. The van der Waals surface area contributed by atoms with Crippen LogP contribution in [0, 0.1) is 0 Å². The Morgan fingerprint density at radius 3 is 3.10 bits per heavy atom. The van der Waals surface area contributed by atoms with E-state index in [0.717, 1.165) is 13.0 Å². The number of rotatable bonds is 2. The van der Waals surface area contributed by atoms with Gasteiger partial charge in [-0.15, -0.1) is 0 Å². The minimum Gasteiger partial charge on any atom is -0.375 e. The van der Waals surface area contributed by atoms with E-state index in [4.69, 9.17) is 4.74 Å². The molecule has 0 saturated carbocycles. The van der Waals surface area contributed by atoms with Crippen LogP contribution in [0.4, 0.5) is 4.39 Å². The van der Waals surface area contributed by atoms with E-state index >= 15 is 0 Å². The van der Waals surface area contributed by atoms with Crippen molar-refractivity contribution in [2.75, 3.05) is 19.7 Å². The lowest BCUT2D eigenvalue weighted by Gasteiger charge is -2.26. The normalized spacial score (nSPS) is 34.2. The fourth-order valence-electron chi connectivity index (χ4n) is 1.20. The van der Waals surface area contributed by atoms with Gasteiger partial charge in [-0.1, -0.05) is 0 Å². The lowest BCUT2D eigenvalue weighted by atomic mass is 10.1. The van der Waals surface area contributed by atoms with Crippen LogP contribution in [-0.2, 0) is 4.74 Å². The highest BCUT2D eigenvalue weighted by Crippen LogP contribution is 2.10. The molecule has 0 amide bonds. The molecule has 2 atom stereocenters. The molecule has 0 spiro atoms. The molecule has 1 N–H and O–H groups in total. The Kier molecular flexibility index (Phi) is 3.09. The van der Waals surface area contributed by atoms with E-state index in [9.17, 15) is 4.39 Å². The summed E-state index contributed by atoms with van der Waals surface area (Å²) in [5, 5.41) is 2.97. The van der Waals surface area contributed by atoms with Gasteiger partial charge in [-0.25, -0.2) is 4.39 Å². The standard InChI is InChI=1S/C7H14FNO/c1-2-10-7-3-4-9-5-6(7)8/h6-7,9H,2-5H2,1H3. The SMILES string of the molecule is CCOC1CCNCC1F. The third kappa shape index (κ3) is 1.92. The van der Waals surface area contributed by atoms with Gasteiger partial charge in [0.15, 0.2) is 0 Å². The van der Waals surface area contributed by atoms with Crippen LogP contribution in [0.3, 0.4) is 0 Å². The molecule has 0 bridgehead atoms. The van der Waals surface area contributed by atoms with E-state index < -0.39 is 6.17 Å². The molecule has 1 fully saturated rings. The topological polar surface area (TPSA) is 21.3 Å². The number of hydrogen-bond acceptors (Lipinski definition) is 2. The third-order valence-electron chi connectivity index (χ3n) is 1.73. The molecule has 10 heavy (non-hydrogen) atoms. The van der Waals surface area contributed by atoms with Crippen molar-refractivity contribution in [1.29, 1.82) is 0 Å². The van der Waals surface area contributed by atoms with Crippen molar-refractivity contribution in [2.45, 2.75) is 25.6 Å². The number of nitrogens with one attached hydrogen (secondary N) is 1. The van der Waals surface area contributed by atoms with Gasteiger partial charge in [0, 0.05) is 13.2 Å². The van der Waals surface area contributed by atoms with Gasteiger partial charge in [0.25, 0.3) is 0 Å². The summed E-state index contributed by atoms with van der Waals surface area (Å²) in [6.07, 6.45) is -0.172. The summed E-state index contributed by atoms with van der Waals surface area (Å²) in [4.78, 5) is 0. The maximum atomic E-state index is 12.8. The molecule has 1 aliphatic rings. The Labute approximate surface area is 60.8 Å². The van der Waals surface area contributed by atoms with Crippen LogP contribution in [0.25, 0.3) is 0 Å². The summed E-state index contributed by atoms with van der Waals surface area (Å²) in [5.74, 6) is 0. The molecule has 2 nitrogen and oxygen atoms in total. The molecule has 0 aromatic carbocycles. The molecule has 2 unspecified atom stereocenters. The Bertz CT molecular complexity index is 97.6. The average molecular weight is 147 g/mol. The molecule has 0 aliphatic carbocycles. The number of halogens is 1. The van der Waals surface area contributed by atoms with Gasteiger partial charge in [0.2, 0.25) is 0 Å². The second kappa shape index (κ2) is 3.88. The first kappa shape index (κ1) is 7.95. The Morgan fingerprint density at radius 2 is 2.50 bits per heavy atom. The lowest BCUT2D eigenvalue weighted by Crippen LogP contribution is -2.42. The highest BCUT2D eigenvalue weighted by atomic mass is 19.1. The van der Waals surface area contributed by atoms with Crippen molar-refractivity contribution in [2.24, 2.45) is 0 Å². The second-order valence-corrected chi connectivity index (χ2v) is 2.50. The molecule has 60 valence electrons. The average Bonchev–Trinajstić information content (AvgIpc) is 1.94. The zero-order valence-corrected chi connectivity index (χ0v) is 6.27. The summed E-state index contributed by atoms with van der Waals surface area (Å²) >= 11 is 0. The van der Waals surface area contributed by atoms with Gasteiger partial charge in [-0.05, 0) is 19.9 Å². The Hall–Kier alpha value is -0.150. The summed E-state index contributed by atoms with van der Waals surface area (Å²) in [5.41, 5.74) is 0. The molecular weight excluding hydrogens is 133 g/mol. The number of hydrogen-bond donors (Lipinski definition) is 1. The Balaban J connectivity index is 2.25. The van der Waals surface area contributed by atoms with E-state index in [1.807, 2.05) is 6.92 Å². The summed E-state index contributed by atoms with van der Waals surface area (Å²) < 4.78 is 18.0. The summed E-state index contributed by atoms with van der Waals surface area (Å²) in [6.45, 7) is 3.84. The molecule has 1 saturated heterocycles. The first-order valence-corrected chi connectivity index (χ1v) is 3.81. The predicted octanol–water partition coefficient (Wildman–Crippen LogP) is 0.723. The van der Waals surface area contributed by atoms with Gasteiger partial charge < -0.3 is 10.1 Å². The molecule has 3 heteroatoms. The van der Waals surface area contributed by atoms with Gasteiger partial charge in [-0.2, -0.15) is 0 Å². The zero-order chi connectivity index (χ0) is 7.40.